The van der Waals surface area contributed by atoms with Crippen molar-refractivity contribution < 1.29 is 14.7 Å². The molecule has 0 spiro atoms. The lowest BCUT2D eigenvalue weighted by atomic mass is 10.0. The van der Waals surface area contributed by atoms with Gasteiger partial charge >= 0.3 is 5.97 Å². The first-order valence-electron chi connectivity index (χ1n) is 6.32. The molecule has 20 heavy (non-hydrogen) atoms. The van der Waals surface area contributed by atoms with Crippen LogP contribution in [0.5, 0.6) is 0 Å². The van der Waals surface area contributed by atoms with Crippen LogP contribution in [0.1, 0.15) is 30.6 Å². The number of aryl methyl sites for hydroxylation is 1. The van der Waals surface area contributed by atoms with Gasteiger partial charge < -0.3 is 10.4 Å². The molecule has 104 valence electrons. The molecule has 1 aromatic heterocycles. The summed E-state index contributed by atoms with van der Waals surface area (Å²) in [7, 11) is 0. The number of hydrogen-bond acceptors (Lipinski definition) is 3. The zero-order chi connectivity index (χ0) is 14.7. The van der Waals surface area contributed by atoms with E-state index in [0.29, 0.717) is 0 Å². The second-order valence-electron chi connectivity index (χ2n) is 4.76. The van der Waals surface area contributed by atoms with Crippen molar-refractivity contribution in [1.29, 1.82) is 0 Å². The van der Waals surface area contributed by atoms with E-state index in [1.807, 2.05) is 31.2 Å². The molecule has 0 fully saturated rings. The van der Waals surface area contributed by atoms with Crippen LogP contribution in [0.15, 0.2) is 30.3 Å². The van der Waals surface area contributed by atoms with Gasteiger partial charge in [0.15, 0.2) is 0 Å². The molecule has 1 aromatic carbocycles. The minimum Gasteiger partial charge on any atom is -0.481 e. The Kier molecular flexibility index (Phi) is 3.98. The number of pyridine rings is 1. The van der Waals surface area contributed by atoms with Gasteiger partial charge in [0.05, 0.1) is 18.0 Å². The Labute approximate surface area is 116 Å². The third-order valence-corrected chi connectivity index (χ3v) is 3.01. The summed E-state index contributed by atoms with van der Waals surface area (Å²) in [5, 5.41) is 12.5. The fourth-order valence-electron chi connectivity index (χ4n) is 2.13. The molecule has 2 N–H and O–H groups in total. The Hall–Kier alpha value is -2.43. The van der Waals surface area contributed by atoms with E-state index in [4.69, 9.17) is 5.11 Å². The number of aliphatic carboxylic acids is 1. The number of amides is 1. The maximum atomic E-state index is 11.2. The minimum atomic E-state index is -0.953. The number of carboxylic acid groups (broad SMARTS) is 1. The highest BCUT2D eigenvalue weighted by Gasteiger charge is 2.17. The van der Waals surface area contributed by atoms with Crippen LogP contribution in [0.4, 0.5) is 0 Å². The van der Waals surface area contributed by atoms with E-state index in [0.717, 1.165) is 22.2 Å². The zero-order valence-corrected chi connectivity index (χ0v) is 11.4. The molecule has 0 saturated heterocycles. The van der Waals surface area contributed by atoms with Gasteiger partial charge in [-0.1, -0.05) is 12.1 Å². The average Bonchev–Trinajstić information content (AvgIpc) is 2.36. The molecule has 0 aliphatic rings. The highest BCUT2D eigenvalue weighted by molar-refractivity contribution is 5.80. The first kappa shape index (κ1) is 14.0. The van der Waals surface area contributed by atoms with Crippen LogP contribution < -0.4 is 5.32 Å². The molecular weight excluding hydrogens is 256 g/mol. The number of carbonyl (C=O) groups is 2. The van der Waals surface area contributed by atoms with Crippen LogP contribution >= 0.6 is 0 Å². The highest BCUT2D eigenvalue weighted by atomic mass is 16.4. The molecule has 1 atom stereocenters. The first-order valence-corrected chi connectivity index (χ1v) is 6.32. The van der Waals surface area contributed by atoms with Gasteiger partial charge in [-0.3, -0.25) is 14.6 Å². The standard InChI is InChI=1S/C15H16N2O3/c1-9-3-4-11-7-12(5-6-13(11)16-9)14(8-15(19)20)17-10(2)18/h3-7,14H,8H2,1-2H3,(H,17,18)(H,19,20)/t14-/m1/s1. The van der Waals surface area contributed by atoms with Crippen molar-refractivity contribution in [3.05, 3.63) is 41.6 Å². The van der Waals surface area contributed by atoms with E-state index in [-0.39, 0.29) is 12.3 Å². The van der Waals surface area contributed by atoms with Crippen molar-refractivity contribution in [1.82, 2.24) is 10.3 Å². The number of aromatic nitrogens is 1. The molecule has 1 heterocycles. The van der Waals surface area contributed by atoms with Crippen LogP contribution in [0, 0.1) is 6.92 Å². The molecule has 0 bridgehead atoms. The number of carbonyl (C=O) groups excluding carboxylic acids is 1. The molecule has 1 amide bonds. The lowest BCUT2D eigenvalue weighted by Crippen LogP contribution is -2.27. The Morgan fingerprint density at radius 2 is 2.05 bits per heavy atom. The summed E-state index contributed by atoms with van der Waals surface area (Å²) in [5.74, 6) is -1.20. The molecule has 0 aliphatic heterocycles. The SMILES string of the molecule is CC(=O)N[C@H](CC(=O)O)c1ccc2nc(C)ccc2c1. The van der Waals surface area contributed by atoms with Gasteiger partial charge in [0.2, 0.25) is 5.91 Å². The lowest BCUT2D eigenvalue weighted by Gasteiger charge is -2.16. The van der Waals surface area contributed by atoms with Gasteiger partial charge in [-0.15, -0.1) is 0 Å². The molecule has 0 unspecified atom stereocenters. The second kappa shape index (κ2) is 5.69. The number of carboxylic acids is 1. The van der Waals surface area contributed by atoms with Crippen molar-refractivity contribution in [3.8, 4) is 0 Å². The normalized spacial score (nSPS) is 12.1. The average molecular weight is 272 g/mol. The van der Waals surface area contributed by atoms with Crippen LogP contribution in [0.2, 0.25) is 0 Å². The molecule has 5 nitrogen and oxygen atoms in total. The number of rotatable bonds is 4. The molecule has 0 saturated carbocycles. The van der Waals surface area contributed by atoms with Crippen LogP contribution in [0.25, 0.3) is 10.9 Å². The summed E-state index contributed by atoms with van der Waals surface area (Å²) < 4.78 is 0. The van der Waals surface area contributed by atoms with Gasteiger partial charge in [0, 0.05) is 18.0 Å². The molecular formula is C15H16N2O3. The van der Waals surface area contributed by atoms with Crippen LogP contribution in [0.3, 0.4) is 0 Å². The van der Waals surface area contributed by atoms with Gasteiger partial charge in [0.1, 0.15) is 0 Å². The van der Waals surface area contributed by atoms with Gasteiger partial charge in [-0.25, -0.2) is 0 Å². The second-order valence-corrected chi connectivity index (χ2v) is 4.76. The predicted octanol–water partition coefficient (Wildman–Crippen LogP) is 2.20. The summed E-state index contributed by atoms with van der Waals surface area (Å²) in [6.45, 7) is 3.29. The van der Waals surface area contributed by atoms with Crippen molar-refractivity contribution in [3.63, 3.8) is 0 Å². The van der Waals surface area contributed by atoms with Gasteiger partial charge in [-0.05, 0) is 30.7 Å². The summed E-state index contributed by atoms with van der Waals surface area (Å²) >= 11 is 0. The first-order chi connectivity index (χ1) is 9.45. The van der Waals surface area contributed by atoms with Crippen molar-refractivity contribution in [2.24, 2.45) is 0 Å². The number of benzene rings is 1. The van der Waals surface area contributed by atoms with E-state index in [2.05, 4.69) is 10.3 Å². The highest BCUT2D eigenvalue weighted by Crippen LogP contribution is 2.22. The van der Waals surface area contributed by atoms with Crippen LogP contribution in [-0.2, 0) is 9.59 Å². The molecule has 5 heteroatoms. The quantitative estimate of drug-likeness (QED) is 0.894. The van der Waals surface area contributed by atoms with Crippen molar-refractivity contribution in [2.75, 3.05) is 0 Å². The van der Waals surface area contributed by atoms with Crippen LogP contribution in [-0.4, -0.2) is 22.0 Å². The van der Waals surface area contributed by atoms with E-state index >= 15 is 0 Å². The molecule has 2 rings (SSSR count). The van der Waals surface area contributed by atoms with E-state index in [1.54, 1.807) is 6.07 Å². The lowest BCUT2D eigenvalue weighted by molar-refractivity contribution is -0.137. The molecule has 2 aromatic rings. The van der Waals surface area contributed by atoms with Gasteiger partial charge in [0.25, 0.3) is 0 Å². The predicted molar refractivity (Wildman–Crippen MR) is 75.3 cm³/mol. The topological polar surface area (TPSA) is 79.3 Å². The molecule has 0 aliphatic carbocycles. The Morgan fingerprint density at radius 3 is 2.70 bits per heavy atom. The summed E-state index contributed by atoms with van der Waals surface area (Å²) in [6.07, 6.45) is -0.148. The van der Waals surface area contributed by atoms with Crippen molar-refractivity contribution in [2.45, 2.75) is 26.3 Å². The largest absolute Gasteiger partial charge is 0.481 e. The van der Waals surface area contributed by atoms with E-state index in [9.17, 15) is 9.59 Å². The fraction of sp³-hybridized carbons (Fsp3) is 0.267. The number of nitrogens with zero attached hydrogens (tertiary/aromatic N) is 1. The number of fused-ring (bicyclic) bond motifs is 1. The minimum absolute atomic E-state index is 0.148. The summed E-state index contributed by atoms with van der Waals surface area (Å²) in [5.41, 5.74) is 2.54. The monoisotopic (exact) mass is 272 g/mol. The fourth-order valence-corrected chi connectivity index (χ4v) is 2.13. The zero-order valence-electron chi connectivity index (χ0n) is 11.4. The van der Waals surface area contributed by atoms with Gasteiger partial charge in [-0.2, -0.15) is 0 Å². The Balaban J connectivity index is 2.39. The number of nitrogens with one attached hydrogen (secondary N) is 1. The summed E-state index contributed by atoms with van der Waals surface area (Å²) in [4.78, 5) is 26.5. The van der Waals surface area contributed by atoms with Crippen molar-refractivity contribution >= 4 is 22.8 Å². The third-order valence-electron chi connectivity index (χ3n) is 3.01. The Morgan fingerprint density at radius 1 is 1.30 bits per heavy atom. The third kappa shape index (κ3) is 3.32. The number of hydrogen-bond donors (Lipinski definition) is 2. The smallest absolute Gasteiger partial charge is 0.305 e. The maximum absolute atomic E-state index is 11.2. The molecule has 0 radical (unpaired) electrons. The Bertz CT molecular complexity index is 651. The summed E-state index contributed by atoms with van der Waals surface area (Å²) in [6, 6.07) is 8.82. The van der Waals surface area contributed by atoms with E-state index < -0.39 is 12.0 Å². The van der Waals surface area contributed by atoms with E-state index in [1.165, 1.54) is 6.92 Å². The maximum Gasteiger partial charge on any atom is 0.305 e.